The summed E-state index contributed by atoms with van der Waals surface area (Å²) in [6, 6.07) is 1.78. The number of hydrogen-bond acceptors (Lipinski definition) is 6. The molecule has 0 aliphatic heterocycles. The van der Waals surface area contributed by atoms with Gasteiger partial charge in [-0.3, -0.25) is 4.98 Å². The highest BCUT2D eigenvalue weighted by Crippen LogP contribution is 2.21. The second kappa shape index (κ2) is 4.88. The molecule has 0 aliphatic carbocycles. The minimum Gasteiger partial charge on any atom is -0.476 e. The molecule has 0 spiro atoms. The molecule has 0 aliphatic rings. The fourth-order valence-electron chi connectivity index (χ4n) is 1.07. The molecule has 0 unspecified atom stereocenters. The van der Waals surface area contributed by atoms with Crippen molar-refractivity contribution in [2.24, 2.45) is 0 Å². The van der Waals surface area contributed by atoms with E-state index in [1.54, 1.807) is 12.3 Å². The van der Waals surface area contributed by atoms with Gasteiger partial charge >= 0.3 is 5.97 Å². The Bertz CT molecular complexity index is 562. The number of aryl methyl sites for hydroxylation is 1. The van der Waals surface area contributed by atoms with E-state index in [2.05, 4.69) is 19.9 Å². The molecule has 2 aromatic heterocycles. The summed E-state index contributed by atoms with van der Waals surface area (Å²) in [6.07, 6.45) is 4.31. The molecule has 0 aromatic carbocycles. The van der Waals surface area contributed by atoms with Gasteiger partial charge in [-0.1, -0.05) is 0 Å². The summed E-state index contributed by atoms with van der Waals surface area (Å²) in [5.74, 6) is -1.11. The molecule has 7 heteroatoms. The predicted octanol–water partition coefficient (Wildman–Crippen LogP) is 1.42. The van der Waals surface area contributed by atoms with Gasteiger partial charge in [-0.2, -0.15) is 0 Å². The van der Waals surface area contributed by atoms with E-state index in [9.17, 15) is 4.79 Å². The van der Waals surface area contributed by atoms with E-state index in [-0.39, 0.29) is 5.69 Å². The van der Waals surface area contributed by atoms with Crippen molar-refractivity contribution in [3.8, 4) is 0 Å². The third-order valence-electron chi connectivity index (χ3n) is 1.80. The van der Waals surface area contributed by atoms with Crippen molar-refractivity contribution < 1.29 is 9.90 Å². The Kier molecular flexibility index (Phi) is 3.29. The Labute approximate surface area is 101 Å². The van der Waals surface area contributed by atoms with Crippen LogP contribution >= 0.6 is 11.8 Å². The van der Waals surface area contributed by atoms with Crippen LogP contribution in [0.4, 0.5) is 0 Å². The molecular formula is C10H8N4O2S. The standard InChI is InChI=1S/C10H8N4O2S/c1-6-2-3-12-10(13-6)17-8-5-11-4-7(14-8)9(15)16/h2-5H,1H3,(H,15,16). The highest BCUT2D eigenvalue weighted by Gasteiger charge is 2.08. The van der Waals surface area contributed by atoms with Crippen LogP contribution in [0.15, 0.2) is 34.8 Å². The smallest absolute Gasteiger partial charge is 0.356 e. The first-order chi connectivity index (χ1) is 8.15. The Morgan fingerprint density at radius 1 is 1.35 bits per heavy atom. The van der Waals surface area contributed by atoms with Gasteiger partial charge in [0.15, 0.2) is 10.9 Å². The summed E-state index contributed by atoms with van der Waals surface area (Å²) in [7, 11) is 0. The van der Waals surface area contributed by atoms with E-state index in [1.807, 2.05) is 6.92 Å². The summed E-state index contributed by atoms with van der Waals surface area (Å²) >= 11 is 1.17. The average Bonchev–Trinajstić information content (AvgIpc) is 2.29. The van der Waals surface area contributed by atoms with Crippen molar-refractivity contribution in [3.05, 3.63) is 36.0 Å². The molecule has 0 saturated heterocycles. The van der Waals surface area contributed by atoms with Gasteiger partial charge in [-0.15, -0.1) is 0 Å². The minimum atomic E-state index is -1.11. The number of carboxylic acids is 1. The molecule has 17 heavy (non-hydrogen) atoms. The van der Waals surface area contributed by atoms with Crippen LogP contribution in [0.25, 0.3) is 0 Å². The fraction of sp³-hybridized carbons (Fsp3) is 0.100. The van der Waals surface area contributed by atoms with Crippen molar-refractivity contribution in [1.82, 2.24) is 19.9 Å². The topological polar surface area (TPSA) is 88.9 Å². The zero-order chi connectivity index (χ0) is 12.3. The molecule has 0 bridgehead atoms. The lowest BCUT2D eigenvalue weighted by molar-refractivity contribution is 0.0689. The number of aromatic carboxylic acids is 1. The summed E-state index contributed by atoms with van der Waals surface area (Å²) in [5, 5.41) is 9.75. The van der Waals surface area contributed by atoms with E-state index >= 15 is 0 Å². The van der Waals surface area contributed by atoms with Crippen molar-refractivity contribution in [1.29, 1.82) is 0 Å². The van der Waals surface area contributed by atoms with E-state index in [4.69, 9.17) is 5.11 Å². The van der Waals surface area contributed by atoms with E-state index in [0.717, 1.165) is 5.69 Å². The zero-order valence-electron chi connectivity index (χ0n) is 8.86. The van der Waals surface area contributed by atoms with Gasteiger partial charge in [-0.25, -0.2) is 19.7 Å². The van der Waals surface area contributed by atoms with E-state index in [1.165, 1.54) is 24.2 Å². The van der Waals surface area contributed by atoms with Gasteiger partial charge in [-0.05, 0) is 24.8 Å². The molecule has 0 atom stereocenters. The molecule has 2 aromatic rings. The highest BCUT2D eigenvalue weighted by atomic mass is 32.2. The van der Waals surface area contributed by atoms with Crippen LogP contribution < -0.4 is 0 Å². The van der Waals surface area contributed by atoms with Crippen molar-refractivity contribution in [2.75, 3.05) is 0 Å². The largest absolute Gasteiger partial charge is 0.476 e. The lowest BCUT2D eigenvalue weighted by Crippen LogP contribution is -2.01. The number of aromatic nitrogens is 4. The first-order valence-electron chi connectivity index (χ1n) is 4.68. The van der Waals surface area contributed by atoms with Crippen molar-refractivity contribution in [2.45, 2.75) is 17.1 Å². The monoisotopic (exact) mass is 248 g/mol. The van der Waals surface area contributed by atoms with Gasteiger partial charge in [0, 0.05) is 11.9 Å². The molecule has 6 nitrogen and oxygen atoms in total. The Morgan fingerprint density at radius 3 is 2.88 bits per heavy atom. The van der Waals surface area contributed by atoms with Gasteiger partial charge in [0.1, 0.15) is 5.03 Å². The fourth-order valence-corrected chi connectivity index (χ4v) is 1.82. The molecule has 86 valence electrons. The van der Waals surface area contributed by atoms with Crippen molar-refractivity contribution >= 4 is 17.7 Å². The van der Waals surface area contributed by atoms with Gasteiger partial charge < -0.3 is 5.11 Å². The molecule has 0 saturated carbocycles. The van der Waals surface area contributed by atoms with Crippen molar-refractivity contribution in [3.63, 3.8) is 0 Å². The molecule has 0 amide bonds. The summed E-state index contributed by atoms with van der Waals surface area (Å²) in [5.41, 5.74) is 0.743. The van der Waals surface area contributed by atoms with Crippen LogP contribution in [-0.4, -0.2) is 31.0 Å². The molecule has 0 fully saturated rings. The Balaban J connectivity index is 2.24. The Morgan fingerprint density at radius 2 is 2.18 bits per heavy atom. The lowest BCUT2D eigenvalue weighted by atomic mass is 10.5. The summed E-state index contributed by atoms with van der Waals surface area (Å²) < 4.78 is 0. The van der Waals surface area contributed by atoms with Crippen LogP contribution in [0.2, 0.25) is 0 Å². The molecule has 2 rings (SSSR count). The number of hydrogen-bond donors (Lipinski definition) is 1. The first kappa shape index (κ1) is 11.5. The number of carbonyl (C=O) groups is 1. The zero-order valence-corrected chi connectivity index (χ0v) is 9.68. The number of carboxylic acid groups (broad SMARTS) is 1. The highest BCUT2D eigenvalue weighted by molar-refractivity contribution is 7.99. The SMILES string of the molecule is Cc1ccnc(Sc2cncc(C(=O)O)n2)n1. The molecular weight excluding hydrogens is 240 g/mol. The summed E-state index contributed by atoms with van der Waals surface area (Å²) in [6.45, 7) is 1.85. The molecule has 1 N–H and O–H groups in total. The quantitative estimate of drug-likeness (QED) is 0.821. The number of rotatable bonds is 3. The average molecular weight is 248 g/mol. The third kappa shape index (κ3) is 2.97. The first-order valence-corrected chi connectivity index (χ1v) is 5.49. The maximum Gasteiger partial charge on any atom is 0.356 e. The molecule has 0 radical (unpaired) electrons. The van der Waals surface area contributed by atoms with Crippen LogP contribution in [0.3, 0.4) is 0 Å². The Hall–Kier alpha value is -2.02. The lowest BCUT2D eigenvalue weighted by Gasteiger charge is -2.00. The maximum absolute atomic E-state index is 10.7. The van der Waals surface area contributed by atoms with Gasteiger partial charge in [0.25, 0.3) is 0 Å². The van der Waals surface area contributed by atoms with Crippen LogP contribution in [0.5, 0.6) is 0 Å². The van der Waals surface area contributed by atoms with Crippen LogP contribution in [0, 0.1) is 6.92 Å². The van der Waals surface area contributed by atoms with Gasteiger partial charge in [0.05, 0.1) is 12.4 Å². The number of nitrogens with zero attached hydrogens (tertiary/aromatic N) is 4. The van der Waals surface area contributed by atoms with E-state index < -0.39 is 5.97 Å². The van der Waals surface area contributed by atoms with Gasteiger partial charge in [0.2, 0.25) is 0 Å². The normalized spacial score (nSPS) is 10.2. The second-order valence-corrected chi connectivity index (χ2v) is 4.12. The second-order valence-electron chi connectivity index (χ2n) is 3.13. The third-order valence-corrected chi connectivity index (χ3v) is 2.59. The maximum atomic E-state index is 10.7. The minimum absolute atomic E-state index is 0.0948. The van der Waals surface area contributed by atoms with Crippen LogP contribution in [-0.2, 0) is 0 Å². The van der Waals surface area contributed by atoms with Crippen LogP contribution in [0.1, 0.15) is 16.2 Å². The predicted molar refractivity (Wildman–Crippen MR) is 59.9 cm³/mol. The van der Waals surface area contributed by atoms with E-state index in [0.29, 0.717) is 10.2 Å². The molecule has 2 heterocycles. The summed E-state index contributed by atoms with van der Waals surface area (Å²) in [4.78, 5) is 26.7.